The predicted octanol–water partition coefficient (Wildman–Crippen LogP) is 4.29. The highest BCUT2D eigenvalue weighted by atomic mass is 19.1. The minimum atomic E-state index is -0.506. The summed E-state index contributed by atoms with van der Waals surface area (Å²) in [5, 5.41) is 3.15. The number of nitrogens with two attached hydrogens (primary N) is 1. The number of nitrogens with one attached hydrogen (secondary N) is 1. The van der Waals surface area contributed by atoms with E-state index in [1.807, 2.05) is 0 Å². The van der Waals surface area contributed by atoms with Gasteiger partial charge in [-0.1, -0.05) is 30.3 Å². The van der Waals surface area contributed by atoms with Crippen LogP contribution in [0.1, 0.15) is 18.0 Å². The molecule has 0 aliphatic carbocycles. The number of anilines is 1. The Balaban J connectivity index is 1.67. The van der Waals surface area contributed by atoms with Gasteiger partial charge in [0.05, 0.1) is 11.3 Å². The van der Waals surface area contributed by atoms with Crippen molar-refractivity contribution in [2.75, 3.05) is 11.9 Å². The summed E-state index contributed by atoms with van der Waals surface area (Å²) in [6.07, 6.45) is 3.66. The zero-order valence-corrected chi connectivity index (χ0v) is 18.0. The predicted molar refractivity (Wildman–Crippen MR) is 125 cm³/mol. The molecule has 0 aliphatic rings. The van der Waals surface area contributed by atoms with Crippen molar-refractivity contribution >= 4 is 5.95 Å². The first-order valence-corrected chi connectivity index (χ1v) is 10.5. The summed E-state index contributed by atoms with van der Waals surface area (Å²) >= 11 is 0. The van der Waals surface area contributed by atoms with E-state index in [4.69, 9.17) is 10.7 Å². The molecule has 4 rings (SSSR count). The molecule has 0 saturated heterocycles. The Morgan fingerprint density at radius 3 is 2.39 bits per heavy atom. The van der Waals surface area contributed by atoms with Gasteiger partial charge in [-0.05, 0) is 42.3 Å². The minimum Gasteiger partial charge on any atom is -0.355 e. The van der Waals surface area contributed by atoms with E-state index >= 15 is 0 Å². The second-order valence-electron chi connectivity index (χ2n) is 7.61. The van der Waals surface area contributed by atoms with Crippen molar-refractivity contribution in [3.63, 3.8) is 0 Å². The molecule has 0 bridgehead atoms. The molecular weight excluding hydrogens is 424 g/mol. The van der Waals surface area contributed by atoms with Gasteiger partial charge in [-0.2, -0.15) is 0 Å². The van der Waals surface area contributed by atoms with E-state index in [9.17, 15) is 13.6 Å². The van der Waals surface area contributed by atoms with E-state index in [0.29, 0.717) is 46.9 Å². The summed E-state index contributed by atoms with van der Waals surface area (Å²) in [6, 6.07) is 15.1. The first-order chi connectivity index (χ1) is 16.0. The van der Waals surface area contributed by atoms with Gasteiger partial charge in [-0.3, -0.25) is 14.3 Å². The van der Waals surface area contributed by atoms with E-state index in [0.717, 1.165) is 0 Å². The van der Waals surface area contributed by atoms with Gasteiger partial charge in [0, 0.05) is 43.2 Å². The van der Waals surface area contributed by atoms with E-state index < -0.39 is 11.9 Å². The van der Waals surface area contributed by atoms with Crippen LogP contribution in [0.2, 0.25) is 0 Å². The highest BCUT2D eigenvalue weighted by molar-refractivity contribution is 5.80. The van der Waals surface area contributed by atoms with Crippen LogP contribution in [0.4, 0.5) is 14.7 Å². The lowest BCUT2D eigenvalue weighted by atomic mass is 10.0. The van der Waals surface area contributed by atoms with Crippen LogP contribution in [-0.2, 0) is 7.05 Å². The summed E-state index contributed by atoms with van der Waals surface area (Å²) in [5.41, 5.74) is 8.37. The topological polar surface area (TPSA) is 85.8 Å². The van der Waals surface area contributed by atoms with Crippen molar-refractivity contribution in [2.24, 2.45) is 12.8 Å². The molecule has 4 aromatic rings. The molecule has 0 spiro atoms. The Labute approximate surface area is 189 Å². The number of benzene rings is 2. The normalized spacial score (nSPS) is 11.9. The van der Waals surface area contributed by atoms with Gasteiger partial charge in [0.1, 0.15) is 11.6 Å². The Kier molecular flexibility index (Phi) is 6.55. The largest absolute Gasteiger partial charge is 0.355 e. The standard InChI is InChI=1S/C25H23F2N5O/c1-32-24(33)22(16-6-8-18(26)9-7-16)23(17-10-13-29-14-11-17)31-25(32)30-15-12-21(28)19-4-2-3-5-20(19)27/h2-11,13-14,21H,12,15,28H2,1H3,(H,30,31). The maximum absolute atomic E-state index is 14.0. The van der Waals surface area contributed by atoms with Gasteiger partial charge in [0.25, 0.3) is 5.56 Å². The number of nitrogens with zero attached hydrogens (tertiary/aromatic N) is 3. The fourth-order valence-electron chi connectivity index (χ4n) is 3.63. The minimum absolute atomic E-state index is 0.288. The van der Waals surface area contributed by atoms with Crippen molar-refractivity contribution in [1.29, 1.82) is 0 Å². The van der Waals surface area contributed by atoms with Crippen LogP contribution < -0.4 is 16.6 Å². The second kappa shape index (κ2) is 9.70. The molecule has 2 heterocycles. The molecule has 33 heavy (non-hydrogen) atoms. The molecule has 168 valence electrons. The fourth-order valence-corrected chi connectivity index (χ4v) is 3.63. The molecule has 1 unspecified atom stereocenters. The van der Waals surface area contributed by atoms with Crippen LogP contribution >= 0.6 is 0 Å². The van der Waals surface area contributed by atoms with Crippen molar-refractivity contribution in [1.82, 2.24) is 14.5 Å². The Morgan fingerprint density at radius 1 is 1.00 bits per heavy atom. The SMILES string of the molecule is Cn1c(NCCC(N)c2ccccc2F)nc(-c2ccncc2)c(-c2ccc(F)cc2)c1=O. The van der Waals surface area contributed by atoms with Crippen LogP contribution in [0.5, 0.6) is 0 Å². The first kappa shape index (κ1) is 22.3. The van der Waals surface area contributed by atoms with Crippen LogP contribution in [0.15, 0.2) is 77.9 Å². The lowest BCUT2D eigenvalue weighted by Crippen LogP contribution is -2.26. The van der Waals surface area contributed by atoms with Gasteiger partial charge in [0.2, 0.25) is 5.95 Å². The van der Waals surface area contributed by atoms with E-state index in [1.165, 1.54) is 22.8 Å². The number of pyridine rings is 1. The molecule has 1 atom stereocenters. The smallest absolute Gasteiger partial charge is 0.263 e. The summed E-state index contributed by atoms with van der Waals surface area (Å²) in [5.74, 6) is -0.393. The Bertz CT molecular complexity index is 1310. The van der Waals surface area contributed by atoms with Crippen molar-refractivity contribution in [3.8, 4) is 22.4 Å². The molecule has 2 aromatic carbocycles. The molecular formula is C25H23F2N5O. The summed E-state index contributed by atoms with van der Waals surface area (Å²) in [7, 11) is 1.61. The zero-order valence-electron chi connectivity index (χ0n) is 18.0. The van der Waals surface area contributed by atoms with Crippen LogP contribution in [0, 0.1) is 11.6 Å². The van der Waals surface area contributed by atoms with Gasteiger partial charge >= 0.3 is 0 Å². The maximum atomic E-state index is 14.0. The van der Waals surface area contributed by atoms with Gasteiger partial charge in [-0.15, -0.1) is 0 Å². The van der Waals surface area contributed by atoms with Crippen molar-refractivity contribution in [3.05, 3.63) is 101 Å². The monoisotopic (exact) mass is 447 g/mol. The summed E-state index contributed by atoms with van der Waals surface area (Å²) in [4.78, 5) is 22.1. The molecule has 3 N–H and O–H groups in total. The molecule has 0 fully saturated rings. The second-order valence-corrected chi connectivity index (χ2v) is 7.61. The lowest BCUT2D eigenvalue weighted by molar-refractivity contribution is 0.570. The van der Waals surface area contributed by atoms with Crippen LogP contribution in [0.25, 0.3) is 22.4 Å². The van der Waals surface area contributed by atoms with Crippen molar-refractivity contribution < 1.29 is 8.78 Å². The fraction of sp³-hybridized carbons (Fsp3) is 0.160. The summed E-state index contributed by atoms with van der Waals surface area (Å²) < 4.78 is 28.9. The van der Waals surface area contributed by atoms with Gasteiger partial charge in [0.15, 0.2) is 0 Å². The lowest BCUT2D eigenvalue weighted by Gasteiger charge is -2.17. The number of aromatic nitrogens is 3. The third kappa shape index (κ3) is 4.80. The molecule has 6 nitrogen and oxygen atoms in total. The molecule has 0 aliphatic heterocycles. The van der Waals surface area contributed by atoms with Crippen LogP contribution in [0.3, 0.4) is 0 Å². The highest BCUT2D eigenvalue weighted by Crippen LogP contribution is 2.29. The number of hydrogen-bond donors (Lipinski definition) is 2. The number of halogens is 2. The number of rotatable bonds is 7. The Hall–Kier alpha value is -3.91. The van der Waals surface area contributed by atoms with E-state index in [2.05, 4.69) is 10.3 Å². The third-order valence-corrected chi connectivity index (χ3v) is 5.42. The molecule has 8 heteroatoms. The zero-order chi connectivity index (χ0) is 23.4. The summed E-state index contributed by atoms with van der Waals surface area (Å²) in [6.45, 7) is 0.376. The first-order valence-electron chi connectivity index (χ1n) is 10.5. The molecule has 0 amide bonds. The van der Waals surface area contributed by atoms with E-state index in [-0.39, 0.29) is 11.4 Å². The average Bonchev–Trinajstić information content (AvgIpc) is 2.83. The number of hydrogen-bond acceptors (Lipinski definition) is 5. The van der Waals surface area contributed by atoms with Gasteiger partial charge in [-0.25, -0.2) is 13.8 Å². The maximum Gasteiger partial charge on any atom is 0.263 e. The Morgan fingerprint density at radius 2 is 1.70 bits per heavy atom. The van der Waals surface area contributed by atoms with Crippen molar-refractivity contribution in [2.45, 2.75) is 12.5 Å². The third-order valence-electron chi connectivity index (χ3n) is 5.42. The van der Waals surface area contributed by atoms with Gasteiger partial charge < -0.3 is 11.1 Å². The van der Waals surface area contributed by atoms with Crippen LogP contribution in [-0.4, -0.2) is 21.1 Å². The molecule has 2 aromatic heterocycles. The average molecular weight is 447 g/mol. The van der Waals surface area contributed by atoms with E-state index in [1.54, 1.807) is 61.9 Å². The quantitative estimate of drug-likeness (QED) is 0.441. The highest BCUT2D eigenvalue weighted by Gasteiger charge is 2.18. The molecule has 0 radical (unpaired) electrons. The molecule has 0 saturated carbocycles.